The molecule has 156 valence electrons. The molecule has 0 amide bonds. The van der Waals surface area contributed by atoms with Crippen LogP contribution in [0.1, 0.15) is 16.8 Å². The molecule has 2 aromatic rings. The highest BCUT2D eigenvalue weighted by atomic mass is 19.4. The van der Waals surface area contributed by atoms with Crippen molar-refractivity contribution in [2.75, 3.05) is 26.4 Å². The topological polar surface area (TPSA) is 66.5 Å². The lowest BCUT2D eigenvalue weighted by Crippen LogP contribution is -2.17. The molecule has 0 N–H and O–H groups in total. The van der Waals surface area contributed by atoms with Crippen molar-refractivity contribution >= 4 is 5.97 Å². The van der Waals surface area contributed by atoms with E-state index in [1.807, 2.05) is 0 Å². The van der Waals surface area contributed by atoms with E-state index < -0.39 is 18.1 Å². The summed E-state index contributed by atoms with van der Waals surface area (Å²) in [5, 5.41) is 0. The minimum absolute atomic E-state index is 0.0986. The molecule has 1 unspecified atom stereocenters. The second-order valence-electron chi connectivity index (χ2n) is 6.17. The molecule has 9 heteroatoms. The van der Waals surface area contributed by atoms with Crippen LogP contribution in [0.2, 0.25) is 0 Å². The van der Waals surface area contributed by atoms with E-state index in [0.29, 0.717) is 25.6 Å². The molecule has 29 heavy (non-hydrogen) atoms. The fourth-order valence-corrected chi connectivity index (χ4v) is 2.29. The average molecular weight is 412 g/mol. The van der Waals surface area contributed by atoms with Crippen LogP contribution in [0.15, 0.2) is 48.5 Å². The molecular formula is C20H19F3O6. The van der Waals surface area contributed by atoms with E-state index in [4.69, 9.17) is 18.9 Å². The lowest BCUT2D eigenvalue weighted by molar-refractivity contribution is -0.274. The first-order valence-corrected chi connectivity index (χ1v) is 8.89. The Morgan fingerprint density at radius 1 is 0.966 bits per heavy atom. The lowest BCUT2D eigenvalue weighted by atomic mass is 10.2. The number of ether oxygens (including phenoxy) is 5. The number of hydrogen-bond donors (Lipinski definition) is 0. The molecule has 0 radical (unpaired) electrons. The minimum atomic E-state index is -4.78. The van der Waals surface area contributed by atoms with Crippen molar-refractivity contribution in [3.8, 4) is 17.2 Å². The lowest BCUT2D eigenvalue weighted by Gasteiger charge is -2.10. The van der Waals surface area contributed by atoms with Gasteiger partial charge in [0.1, 0.15) is 23.4 Å². The molecule has 0 aromatic heterocycles. The Labute approximate surface area is 165 Å². The first-order valence-electron chi connectivity index (χ1n) is 8.89. The van der Waals surface area contributed by atoms with Gasteiger partial charge < -0.3 is 23.7 Å². The van der Waals surface area contributed by atoms with Gasteiger partial charge in [-0.25, -0.2) is 4.79 Å². The summed E-state index contributed by atoms with van der Waals surface area (Å²) in [4.78, 5) is 12.1. The van der Waals surface area contributed by atoms with E-state index in [1.165, 1.54) is 12.1 Å². The van der Waals surface area contributed by atoms with Crippen LogP contribution in [0.5, 0.6) is 17.2 Å². The number of alkyl halides is 3. The van der Waals surface area contributed by atoms with Gasteiger partial charge in [-0.05, 0) is 48.5 Å². The van der Waals surface area contributed by atoms with Crippen molar-refractivity contribution in [1.82, 2.24) is 0 Å². The zero-order valence-corrected chi connectivity index (χ0v) is 15.3. The van der Waals surface area contributed by atoms with E-state index in [9.17, 15) is 18.0 Å². The van der Waals surface area contributed by atoms with Crippen LogP contribution in [0, 0.1) is 0 Å². The zero-order chi connectivity index (χ0) is 20.7. The highest BCUT2D eigenvalue weighted by molar-refractivity contribution is 5.91. The summed E-state index contributed by atoms with van der Waals surface area (Å²) in [6, 6.07) is 10.9. The summed E-state index contributed by atoms with van der Waals surface area (Å²) >= 11 is 0. The van der Waals surface area contributed by atoms with Gasteiger partial charge in [0.15, 0.2) is 0 Å². The van der Waals surface area contributed by atoms with Crippen molar-refractivity contribution in [1.29, 1.82) is 0 Å². The highest BCUT2D eigenvalue weighted by Crippen LogP contribution is 2.25. The van der Waals surface area contributed by atoms with Gasteiger partial charge in [-0.1, -0.05) is 0 Å². The molecule has 1 fully saturated rings. The standard InChI is InChI=1S/C20H19F3O6/c21-20(22,23)29-17-8-6-16(7-9-17)28-19(24)14-2-4-15(5-3-14)26-11-1-10-25-12-18-13-27-18/h2-9,18H,1,10-13H2. The van der Waals surface area contributed by atoms with Gasteiger partial charge in [-0.3, -0.25) is 0 Å². The molecule has 3 rings (SSSR count). The first-order chi connectivity index (χ1) is 13.9. The van der Waals surface area contributed by atoms with E-state index in [0.717, 1.165) is 25.2 Å². The Kier molecular flexibility index (Phi) is 6.95. The monoisotopic (exact) mass is 412 g/mol. The van der Waals surface area contributed by atoms with E-state index in [-0.39, 0.29) is 17.4 Å². The maximum absolute atomic E-state index is 12.1. The molecule has 2 aromatic carbocycles. The van der Waals surface area contributed by atoms with Gasteiger partial charge in [-0.2, -0.15) is 0 Å². The summed E-state index contributed by atoms with van der Waals surface area (Å²) in [6.45, 7) is 2.43. The fourth-order valence-electron chi connectivity index (χ4n) is 2.29. The Morgan fingerprint density at radius 3 is 2.21 bits per heavy atom. The number of benzene rings is 2. The van der Waals surface area contributed by atoms with E-state index in [1.54, 1.807) is 24.3 Å². The van der Waals surface area contributed by atoms with E-state index >= 15 is 0 Å². The maximum atomic E-state index is 12.1. The summed E-state index contributed by atoms with van der Waals surface area (Å²) in [6.07, 6.45) is -3.81. The van der Waals surface area contributed by atoms with Crippen LogP contribution in [0.3, 0.4) is 0 Å². The van der Waals surface area contributed by atoms with Crippen molar-refractivity contribution < 1.29 is 41.7 Å². The maximum Gasteiger partial charge on any atom is 0.573 e. The Balaban J connectivity index is 1.41. The molecule has 0 aliphatic carbocycles. The molecule has 1 heterocycles. The summed E-state index contributed by atoms with van der Waals surface area (Å²) in [7, 11) is 0. The largest absolute Gasteiger partial charge is 0.573 e. The first kappa shape index (κ1) is 20.9. The van der Waals surface area contributed by atoms with Crippen molar-refractivity contribution in [3.63, 3.8) is 0 Å². The van der Waals surface area contributed by atoms with Gasteiger partial charge in [0.2, 0.25) is 0 Å². The third kappa shape index (κ3) is 7.63. The van der Waals surface area contributed by atoms with Crippen LogP contribution in [-0.2, 0) is 9.47 Å². The summed E-state index contributed by atoms with van der Waals surface area (Å²) in [5.41, 5.74) is 0.278. The minimum Gasteiger partial charge on any atom is -0.494 e. The molecule has 1 aliphatic heterocycles. The molecule has 1 saturated heterocycles. The Bertz CT molecular complexity index is 785. The molecule has 6 nitrogen and oxygen atoms in total. The Morgan fingerprint density at radius 2 is 1.59 bits per heavy atom. The predicted molar refractivity (Wildman–Crippen MR) is 95.2 cm³/mol. The quantitative estimate of drug-likeness (QED) is 0.255. The molecule has 0 saturated carbocycles. The SMILES string of the molecule is O=C(Oc1ccc(OC(F)(F)F)cc1)c1ccc(OCCCOCC2CO2)cc1. The summed E-state index contributed by atoms with van der Waals surface area (Å²) in [5.74, 6) is -0.344. The number of hydrogen-bond acceptors (Lipinski definition) is 6. The van der Waals surface area contributed by atoms with Gasteiger partial charge >= 0.3 is 12.3 Å². The number of esters is 1. The highest BCUT2D eigenvalue weighted by Gasteiger charge is 2.31. The van der Waals surface area contributed by atoms with E-state index in [2.05, 4.69) is 4.74 Å². The van der Waals surface area contributed by atoms with Crippen LogP contribution >= 0.6 is 0 Å². The van der Waals surface area contributed by atoms with Crippen LogP contribution in [0.25, 0.3) is 0 Å². The molecule has 0 bridgehead atoms. The van der Waals surface area contributed by atoms with Gasteiger partial charge in [0, 0.05) is 13.0 Å². The van der Waals surface area contributed by atoms with Crippen molar-refractivity contribution in [2.24, 2.45) is 0 Å². The zero-order valence-electron chi connectivity index (χ0n) is 15.3. The molecular weight excluding hydrogens is 393 g/mol. The molecule has 0 spiro atoms. The number of carbonyl (C=O) groups is 1. The molecule has 1 aliphatic rings. The van der Waals surface area contributed by atoms with Gasteiger partial charge in [0.25, 0.3) is 0 Å². The van der Waals surface area contributed by atoms with Crippen LogP contribution in [0.4, 0.5) is 13.2 Å². The van der Waals surface area contributed by atoms with Crippen molar-refractivity contribution in [3.05, 3.63) is 54.1 Å². The number of rotatable bonds is 10. The van der Waals surface area contributed by atoms with Gasteiger partial charge in [0.05, 0.1) is 25.4 Å². The smallest absolute Gasteiger partial charge is 0.494 e. The number of carbonyl (C=O) groups excluding carboxylic acids is 1. The van der Waals surface area contributed by atoms with Crippen molar-refractivity contribution in [2.45, 2.75) is 18.9 Å². The van der Waals surface area contributed by atoms with Crippen LogP contribution in [-0.4, -0.2) is 44.9 Å². The normalized spacial score (nSPS) is 15.6. The number of halogens is 3. The van der Waals surface area contributed by atoms with Gasteiger partial charge in [-0.15, -0.1) is 13.2 Å². The third-order valence-electron chi connectivity index (χ3n) is 3.77. The fraction of sp³-hybridized carbons (Fsp3) is 0.350. The second kappa shape index (κ2) is 9.62. The molecule has 1 atom stereocenters. The Hall–Kier alpha value is -2.78. The summed E-state index contributed by atoms with van der Waals surface area (Å²) < 4.78 is 61.3. The third-order valence-corrected chi connectivity index (χ3v) is 3.77. The second-order valence-corrected chi connectivity index (χ2v) is 6.17. The predicted octanol–water partition coefficient (Wildman–Crippen LogP) is 3.99. The number of epoxide rings is 1. The van der Waals surface area contributed by atoms with Crippen LogP contribution < -0.4 is 14.2 Å². The average Bonchev–Trinajstić information content (AvgIpc) is 3.50.